The second-order valence-corrected chi connectivity index (χ2v) is 9.37. The van der Waals surface area contributed by atoms with Crippen LogP contribution in [0.3, 0.4) is 0 Å². The van der Waals surface area contributed by atoms with E-state index < -0.39 is 0 Å². The lowest BCUT2D eigenvalue weighted by atomic mass is 9.85. The van der Waals surface area contributed by atoms with Crippen LogP contribution in [0.15, 0.2) is 41.8 Å². The molecule has 1 aliphatic heterocycles. The number of nitro benzene ring substituents is 1. The quantitative estimate of drug-likeness (QED) is 0.574. The number of para-hydroxylation sites is 2. The number of hydrogen-bond acceptors (Lipinski definition) is 6. The summed E-state index contributed by atoms with van der Waals surface area (Å²) in [6.45, 7) is 9.42. The van der Waals surface area contributed by atoms with Gasteiger partial charge < -0.3 is 10.2 Å². The van der Waals surface area contributed by atoms with Crippen molar-refractivity contribution in [2.45, 2.75) is 26.8 Å². The van der Waals surface area contributed by atoms with Gasteiger partial charge in [0.15, 0.2) is 0 Å². The van der Waals surface area contributed by atoms with Crippen molar-refractivity contribution in [1.82, 2.24) is 10.2 Å². The van der Waals surface area contributed by atoms with Gasteiger partial charge in [0.1, 0.15) is 5.69 Å². The number of nitrogens with one attached hydrogen (secondary N) is 1. The minimum absolute atomic E-state index is 0.0115. The Kier molecular flexibility index (Phi) is 6.54. The molecule has 8 heteroatoms. The third-order valence-electron chi connectivity index (χ3n) is 5.16. The Bertz CT molecular complexity index is 840. The first-order valence-electron chi connectivity index (χ1n) is 9.79. The summed E-state index contributed by atoms with van der Waals surface area (Å²) < 4.78 is 0. The number of nitro groups is 1. The molecule has 1 aromatic heterocycles. The molecule has 0 saturated carbocycles. The molecule has 0 radical (unpaired) electrons. The zero-order chi connectivity index (χ0) is 21.0. The van der Waals surface area contributed by atoms with E-state index in [0.29, 0.717) is 38.4 Å². The van der Waals surface area contributed by atoms with Crippen LogP contribution in [0.4, 0.5) is 11.4 Å². The summed E-state index contributed by atoms with van der Waals surface area (Å²) in [6.07, 6.45) is 0. The Hall–Kier alpha value is -2.45. The van der Waals surface area contributed by atoms with Crippen molar-refractivity contribution in [2.75, 3.05) is 37.6 Å². The van der Waals surface area contributed by atoms with Crippen molar-refractivity contribution >= 4 is 28.6 Å². The summed E-state index contributed by atoms with van der Waals surface area (Å²) >= 11 is 1.66. The predicted molar refractivity (Wildman–Crippen MR) is 116 cm³/mol. The molecule has 156 valence electrons. The molecule has 29 heavy (non-hydrogen) atoms. The molecule has 1 amide bonds. The number of rotatable bonds is 6. The lowest BCUT2D eigenvalue weighted by Gasteiger charge is -2.36. The van der Waals surface area contributed by atoms with E-state index in [2.05, 4.69) is 37.1 Å². The molecule has 0 aliphatic carbocycles. The van der Waals surface area contributed by atoms with E-state index >= 15 is 0 Å². The fraction of sp³-hybridized carbons (Fsp3) is 0.476. The van der Waals surface area contributed by atoms with Gasteiger partial charge in [0, 0.05) is 37.1 Å². The van der Waals surface area contributed by atoms with Crippen LogP contribution in [0, 0.1) is 15.5 Å². The van der Waals surface area contributed by atoms with Gasteiger partial charge in [-0.3, -0.25) is 19.8 Å². The maximum Gasteiger partial charge on any atom is 0.292 e. The highest BCUT2D eigenvalue weighted by Gasteiger charge is 2.30. The van der Waals surface area contributed by atoms with Crippen molar-refractivity contribution in [1.29, 1.82) is 0 Å². The number of carbonyl (C=O) groups is 1. The van der Waals surface area contributed by atoms with Crippen LogP contribution in [0.1, 0.15) is 31.7 Å². The van der Waals surface area contributed by atoms with Crippen molar-refractivity contribution in [3.8, 4) is 0 Å². The third-order valence-corrected chi connectivity index (χ3v) is 6.09. The summed E-state index contributed by atoms with van der Waals surface area (Å²) in [7, 11) is 0. The summed E-state index contributed by atoms with van der Waals surface area (Å²) in [4.78, 5) is 28.9. The van der Waals surface area contributed by atoms with E-state index in [0.717, 1.165) is 4.88 Å². The second-order valence-electron chi connectivity index (χ2n) is 8.39. The number of amides is 1. The molecule has 0 spiro atoms. The van der Waals surface area contributed by atoms with Gasteiger partial charge in [0.2, 0.25) is 5.91 Å². The van der Waals surface area contributed by atoms with Crippen LogP contribution < -0.4 is 10.2 Å². The Balaban J connectivity index is 1.57. The first-order valence-corrected chi connectivity index (χ1v) is 10.7. The Morgan fingerprint density at radius 1 is 1.17 bits per heavy atom. The summed E-state index contributed by atoms with van der Waals surface area (Å²) in [5.74, 6) is 0.0115. The molecule has 1 unspecified atom stereocenters. The molecule has 0 bridgehead atoms. The van der Waals surface area contributed by atoms with Gasteiger partial charge in [-0.1, -0.05) is 39.0 Å². The largest absolute Gasteiger partial charge is 0.363 e. The van der Waals surface area contributed by atoms with E-state index in [9.17, 15) is 14.9 Å². The van der Waals surface area contributed by atoms with Gasteiger partial charge in [-0.2, -0.15) is 0 Å². The van der Waals surface area contributed by atoms with Crippen LogP contribution in [0.25, 0.3) is 0 Å². The maximum absolute atomic E-state index is 12.7. The minimum atomic E-state index is -0.341. The molecular formula is C21H28N4O3S. The molecule has 2 heterocycles. The van der Waals surface area contributed by atoms with Gasteiger partial charge in [-0.25, -0.2) is 0 Å². The molecular weight excluding hydrogens is 388 g/mol. The predicted octanol–water partition coefficient (Wildman–Crippen LogP) is 3.68. The zero-order valence-electron chi connectivity index (χ0n) is 17.1. The second kappa shape index (κ2) is 8.92. The van der Waals surface area contributed by atoms with Crippen molar-refractivity contribution < 1.29 is 9.72 Å². The Morgan fingerprint density at radius 2 is 1.86 bits per heavy atom. The fourth-order valence-corrected chi connectivity index (χ4v) is 4.63. The highest BCUT2D eigenvalue weighted by atomic mass is 32.1. The monoisotopic (exact) mass is 416 g/mol. The molecule has 1 N–H and O–H groups in total. The maximum atomic E-state index is 12.7. The first kappa shape index (κ1) is 21.3. The lowest BCUT2D eigenvalue weighted by molar-refractivity contribution is -0.384. The number of benzene rings is 1. The highest BCUT2D eigenvalue weighted by molar-refractivity contribution is 7.10. The Morgan fingerprint density at radius 3 is 2.45 bits per heavy atom. The van der Waals surface area contributed by atoms with Gasteiger partial charge in [-0.05, 0) is 22.9 Å². The van der Waals surface area contributed by atoms with Crippen LogP contribution in [0.2, 0.25) is 0 Å². The van der Waals surface area contributed by atoms with E-state index in [1.807, 2.05) is 22.4 Å². The molecule has 7 nitrogen and oxygen atoms in total. The number of thiophene rings is 1. The van der Waals surface area contributed by atoms with E-state index in [4.69, 9.17) is 0 Å². The van der Waals surface area contributed by atoms with E-state index in [-0.39, 0.29) is 28.0 Å². The van der Waals surface area contributed by atoms with Crippen LogP contribution in [0.5, 0.6) is 0 Å². The summed E-state index contributed by atoms with van der Waals surface area (Å²) in [6, 6.07) is 10.9. The number of anilines is 1. The van der Waals surface area contributed by atoms with Crippen LogP contribution in [-0.4, -0.2) is 48.5 Å². The summed E-state index contributed by atoms with van der Waals surface area (Å²) in [5, 5.41) is 16.5. The smallest absolute Gasteiger partial charge is 0.292 e. The lowest BCUT2D eigenvalue weighted by Crippen LogP contribution is -2.50. The van der Waals surface area contributed by atoms with Gasteiger partial charge in [0.05, 0.1) is 17.5 Å². The topological polar surface area (TPSA) is 78.7 Å². The first-order chi connectivity index (χ1) is 13.8. The molecule has 2 aromatic rings. The van der Waals surface area contributed by atoms with Crippen molar-refractivity contribution in [3.63, 3.8) is 0 Å². The molecule has 1 fully saturated rings. The number of piperazine rings is 1. The number of hydrogen-bond donors (Lipinski definition) is 1. The van der Waals surface area contributed by atoms with E-state index in [1.165, 1.54) is 6.07 Å². The number of nitrogens with zero attached hydrogens (tertiary/aromatic N) is 3. The van der Waals surface area contributed by atoms with Crippen LogP contribution in [-0.2, 0) is 4.79 Å². The zero-order valence-corrected chi connectivity index (χ0v) is 17.9. The average Bonchev–Trinajstić information content (AvgIpc) is 3.20. The van der Waals surface area contributed by atoms with Gasteiger partial charge in [0.25, 0.3) is 5.69 Å². The summed E-state index contributed by atoms with van der Waals surface area (Å²) in [5.41, 5.74) is 0.695. The van der Waals surface area contributed by atoms with Crippen molar-refractivity contribution in [2.24, 2.45) is 5.41 Å². The molecule has 1 aliphatic rings. The highest BCUT2D eigenvalue weighted by Crippen LogP contribution is 2.35. The van der Waals surface area contributed by atoms with E-state index in [1.54, 1.807) is 23.5 Å². The normalized spacial score (nSPS) is 16.4. The minimum Gasteiger partial charge on any atom is -0.363 e. The van der Waals surface area contributed by atoms with Crippen LogP contribution >= 0.6 is 11.3 Å². The van der Waals surface area contributed by atoms with Crippen molar-refractivity contribution in [3.05, 3.63) is 56.8 Å². The van der Waals surface area contributed by atoms with Gasteiger partial charge in [-0.15, -0.1) is 11.3 Å². The third kappa shape index (κ3) is 5.33. The molecule has 1 saturated heterocycles. The fourth-order valence-electron chi connectivity index (χ4n) is 3.61. The molecule has 3 rings (SSSR count). The average molecular weight is 417 g/mol. The molecule has 1 atom stereocenters. The Labute approximate surface area is 175 Å². The molecule has 1 aromatic carbocycles. The van der Waals surface area contributed by atoms with Gasteiger partial charge >= 0.3 is 0 Å². The SMILES string of the molecule is CC(C)(C)C(NC(=O)CN1CCN(c2ccccc2[N+](=O)[O-])CC1)c1cccs1. The standard InChI is InChI=1S/C21H28N4O3S/c1-21(2,3)20(18-9-6-14-29-18)22-19(26)15-23-10-12-24(13-11-23)16-7-4-5-8-17(16)25(27)28/h4-9,14,20H,10-13,15H2,1-3H3,(H,22,26). The number of carbonyl (C=O) groups excluding carboxylic acids is 1.